The van der Waals surface area contributed by atoms with Crippen LogP contribution in [-0.2, 0) is 14.6 Å². The second-order valence-corrected chi connectivity index (χ2v) is 9.50. The monoisotopic (exact) mass is 385 g/mol. The van der Waals surface area contributed by atoms with Crippen LogP contribution in [0, 0.1) is 12.8 Å². The van der Waals surface area contributed by atoms with Crippen LogP contribution in [0.5, 0.6) is 0 Å². The van der Waals surface area contributed by atoms with Crippen LogP contribution in [0.1, 0.15) is 21.8 Å². The van der Waals surface area contributed by atoms with E-state index in [4.69, 9.17) is 0 Å². The third kappa shape index (κ3) is 3.65. The highest BCUT2D eigenvalue weighted by atomic mass is 32.2. The van der Waals surface area contributed by atoms with Gasteiger partial charge in [0.25, 0.3) is 5.91 Å². The van der Waals surface area contributed by atoms with Crippen molar-refractivity contribution in [3.05, 3.63) is 27.4 Å². The molecule has 1 aliphatic heterocycles. The van der Waals surface area contributed by atoms with Gasteiger partial charge in [0.2, 0.25) is 5.91 Å². The second kappa shape index (κ2) is 6.61. The van der Waals surface area contributed by atoms with Gasteiger partial charge in [0.1, 0.15) is 9.88 Å². The van der Waals surface area contributed by atoms with Gasteiger partial charge in [0.15, 0.2) is 9.84 Å². The molecule has 24 heavy (non-hydrogen) atoms. The summed E-state index contributed by atoms with van der Waals surface area (Å²) in [7, 11) is -3.14. The number of rotatable bonds is 3. The van der Waals surface area contributed by atoms with Crippen molar-refractivity contribution in [3.8, 4) is 10.6 Å². The van der Waals surface area contributed by atoms with Crippen molar-refractivity contribution in [2.75, 3.05) is 11.5 Å². The summed E-state index contributed by atoms with van der Waals surface area (Å²) in [6.45, 7) is 1.73. The second-order valence-electron chi connectivity index (χ2n) is 5.49. The molecule has 1 aliphatic rings. The summed E-state index contributed by atoms with van der Waals surface area (Å²) in [5.41, 5.74) is 6.18. The van der Waals surface area contributed by atoms with Crippen LogP contribution in [0.25, 0.3) is 10.6 Å². The van der Waals surface area contributed by atoms with Crippen LogP contribution in [0.4, 0.5) is 0 Å². The summed E-state index contributed by atoms with van der Waals surface area (Å²) in [4.78, 5) is 29.0. The molecule has 0 spiro atoms. The number of aryl methyl sites for hydroxylation is 1. The smallest absolute Gasteiger partial charge is 0.273 e. The number of aromatic nitrogens is 1. The summed E-state index contributed by atoms with van der Waals surface area (Å²) in [6.07, 6.45) is 0.284. The Balaban J connectivity index is 1.62. The van der Waals surface area contributed by atoms with Gasteiger partial charge < -0.3 is 0 Å². The Kier molecular flexibility index (Phi) is 4.70. The lowest BCUT2D eigenvalue weighted by atomic mass is 10.1. The fourth-order valence-corrected chi connectivity index (χ4v) is 5.81. The summed E-state index contributed by atoms with van der Waals surface area (Å²) in [5.74, 6) is -1.71. The number of amides is 2. The van der Waals surface area contributed by atoms with E-state index in [2.05, 4.69) is 15.8 Å². The summed E-state index contributed by atoms with van der Waals surface area (Å²) >= 11 is 2.79. The third-order valence-electron chi connectivity index (χ3n) is 3.67. The number of nitrogens with zero attached hydrogens (tertiary/aromatic N) is 1. The fourth-order valence-electron chi connectivity index (χ4n) is 2.40. The minimum atomic E-state index is -3.14. The number of hydrazine groups is 1. The number of sulfone groups is 1. The largest absolute Gasteiger partial charge is 0.281 e. The van der Waals surface area contributed by atoms with Gasteiger partial charge in [-0.2, -0.15) is 11.3 Å². The Hall–Kier alpha value is -1.78. The highest BCUT2D eigenvalue weighted by molar-refractivity contribution is 7.91. The number of hydrogen-bond acceptors (Lipinski definition) is 7. The summed E-state index contributed by atoms with van der Waals surface area (Å²) < 4.78 is 22.8. The number of thiazole rings is 1. The van der Waals surface area contributed by atoms with Crippen LogP contribution in [-0.4, -0.2) is 36.7 Å². The molecule has 2 N–H and O–H groups in total. The van der Waals surface area contributed by atoms with Crippen molar-refractivity contribution in [2.24, 2.45) is 5.92 Å². The summed E-state index contributed by atoms with van der Waals surface area (Å²) in [6, 6.07) is 1.92. The number of thiophene rings is 1. The van der Waals surface area contributed by atoms with Gasteiger partial charge in [-0.3, -0.25) is 20.4 Å². The van der Waals surface area contributed by atoms with E-state index in [1.54, 1.807) is 18.3 Å². The first kappa shape index (κ1) is 17.1. The maximum Gasteiger partial charge on any atom is 0.281 e. The maximum atomic E-state index is 12.2. The lowest BCUT2D eigenvalue weighted by molar-refractivity contribution is -0.125. The SMILES string of the molecule is Cc1nc(-c2ccsc2)sc1C(=O)NNC(=O)[C@@H]1CCS(=O)(=O)C1. The van der Waals surface area contributed by atoms with E-state index in [1.165, 1.54) is 11.3 Å². The molecular weight excluding hydrogens is 370 g/mol. The van der Waals surface area contributed by atoms with Crippen molar-refractivity contribution < 1.29 is 18.0 Å². The molecule has 3 heterocycles. The van der Waals surface area contributed by atoms with Crippen LogP contribution in [0.3, 0.4) is 0 Å². The number of nitrogens with one attached hydrogen (secondary N) is 2. The average molecular weight is 385 g/mol. The molecule has 1 fully saturated rings. The molecule has 2 amide bonds. The molecule has 0 aliphatic carbocycles. The molecule has 128 valence electrons. The van der Waals surface area contributed by atoms with Gasteiger partial charge in [-0.05, 0) is 24.8 Å². The van der Waals surface area contributed by atoms with Crippen LogP contribution >= 0.6 is 22.7 Å². The topological polar surface area (TPSA) is 105 Å². The molecule has 10 heteroatoms. The molecule has 1 atom stereocenters. The Bertz CT molecular complexity index is 871. The number of hydrogen-bond donors (Lipinski definition) is 2. The van der Waals surface area contributed by atoms with E-state index in [0.29, 0.717) is 10.6 Å². The Labute approximate surface area is 147 Å². The van der Waals surface area contributed by atoms with Gasteiger partial charge >= 0.3 is 0 Å². The Morgan fingerprint density at radius 2 is 2.12 bits per heavy atom. The first-order chi connectivity index (χ1) is 11.4. The predicted molar refractivity (Wildman–Crippen MR) is 92.5 cm³/mol. The fraction of sp³-hybridized carbons (Fsp3) is 0.357. The van der Waals surface area contributed by atoms with E-state index in [0.717, 1.165) is 10.6 Å². The van der Waals surface area contributed by atoms with E-state index in [1.807, 2.05) is 16.8 Å². The van der Waals surface area contributed by atoms with Crippen LogP contribution < -0.4 is 10.9 Å². The quantitative estimate of drug-likeness (QED) is 0.777. The lowest BCUT2D eigenvalue weighted by Gasteiger charge is -2.10. The molecule has 0 unspecified atom stereocenters. The number of carbonyl (C=O) groups is 2. The zero-order chi connectivity index (χ0) is 17.3. The average Bonchev–Trinajstić information content (AvgIpc) is 3.23. The molecule has 0 bridgehead atoms. The van der Waals surface area contributed by atoms with E-state index < -0.39 is 27.6 Å². The van der Waals surface area contributed by atoms with Crippen molar-refractivity contribution >= 4 is 44.3 Å². The summed E-state index contributed by atoms with van der Waals surface area (Å²) in [5, 5.41) is 4.62. The van der Waals surface area contributed by atoms with Crippen LogP contribution in [0.15, 0.2) is 16.8 Å². The molecule has 0 radical (unpaired) electrons. The number of carbonyl (C=O) groups excluding carboxylic acids is 2. The first-order valence-electron chi connectivity index (χ1n) is 7.16. The molecule has 7 nitrogen and oxygen atoms in total. The van der Waals surface area contributed by atoms with Crippen LogP contribution in [0.2, 0.25) is 0 Å². The molecule has 2 aromatic rings. The molecule has 1 saturated heterocycles. The minimum absolute atomic E-state index is 0.0109. The zero-order valence-electron chi connectivity index (χ0n) is 12.7. The normalized spacial score (nSPS) is 19.1. The molecular formula is C14H15N3O4S3. The van der Waals surface area contributed by atoms with E-state index in [-0.39, 0.29) is 17.9 Å². The van der Waals surface area contributed by atoms with Gasteiger partial charge in [0.05, 0.1) is 23.1 Å². The molecule has 2 aromatic heterocycles. The van der Waals surface area contributed by atoms with E-state index in [9.17, 15) is 18.0 Å². The Morgan fingerprint density at radius 3 is 2.75 bits per heavy atom. The molecule has 0 aromatic carbocycles. The van der Waals surface area contributed by atoms with Gasteiger partial charge in [-0.1, -0.05) is 0 Å². The zero-order valence-corrected chi connectivity index (χ0v) is 15.2. The predicted octanol–water partition coefficient (Wildman–Crippen LogP) is 1.38. The van der Waals surface area contributed by atoms with Crippen molar-refractivity contribution in [1.29, 1.82) is 0 Å². The van der Waals surface area contributed by atoms with E-state index >= 15 is 0 Å². The lowest BCUT2D eigenvalue weighted by Crippen LogP contribution is -2.44. The molecule has 3 rings (SSSR count). The van der Waals surface area contributed by atoms with Crippen molar-refractivity contribution in [2.45, 2.75) is 13.3 Å². The Morgan fingerprint density at radius 1 is 1.33 bits per heavy atom. The maximum absolute atomic E-state index is 12.2. The van der Waals surface area contributed by atoms with Gasteiger partial charge in [-0.15, -0.1) is 11.3 Å². The first-order valence-corrected chi connectivity index (χ1v) is 10.7. The molecule has 0 saturated carbocycles. The third-order valence-corrected chi connectivity index (χ3v) is 7.33. The highest BCUT2D eigenvalue weighted by Crippen LogP contribution is 2.29. The van der Waals surface area contributed by atoms with Crippen molar-refractivity contribution in [1.82, 2.24) is 15.8 Å². The minimum Gasteiger partial charge on any atom is -0.273 e. The van der Waals surface area contributed by atoms with Crippen molar-refractivity contribution in [3.63, 3.8) is 0 Å². The standard InChI is InChI=1S/C14H15N3O4S3/c1-8-11(23-14(15-8)9-2-4-22-6-9)13(19)17-16-12(18)10-3-5-24(20,21)7-10/h2,4,6,10H,3,5,7H2,1H3,(H,16,18)(H,17,19)/t10-/m1/s1. The van der Waals surface area contributed by atoms with Gasteiger partial charge in [0, 0.05) is 10.9 Å². The van der Waals surface area contributed by atoms with Gasteiger partial charge in [-0.25, -0.2) is 13.4 Å². The highest BCUT2D eigenvalue weighted by Gasteiger charge is 2.33.